The van der Waals surface area contributed by atoms with Crippen molar-refractivity contribution in [3.63, 3.8) is 0 Å². The van der Waals surface area contributed by atoms with Gasteiger partial charge in [0.15, 0.2) is 0 Å². The minimum Gasteiger partial charge on any atom is -0.314 e. The molecule has 1 unspecified atom stereocenters. The number of nitrogens with one attached hydrogen (secondary N) is 1. The summed E-state index contributed by atoms with van der Waals surface area (Å²) in [6.45, 7) is 5.30. The average molecular weight is 251 g/mol. The predicted molar refractivity (Wildman–Crippen MR) is 76.3 cm³/mol. The van der Waals surface area contributed by atoms with E-state index in [1.807, 2.05) is 12.1 Å². The Morgan fingerprint density at radius 1 is 1.17 bits per heavy atom. The van der Waals surface area contributed by atoms with Crippen LogP contribution in [0.4, 0.5) is 4.39 Å². The van der Waals surface area contributed by atoms with Gasteiger partial charge in [0.05, 0.1) is 0 Å². The Morgan fingerprint density at radius 3 is 2.67 bits per heavy atom. The van der Waals surface area contributed by atoms with E-state index in [0.29, 0.717) is 6.04 Å². The fourth-order valence-corrected chi connectivity index (χ4v) is 2.13. The lowest BCUT2D eigenvalue weighted by Crippen LogP contribution is -2.28. The highest BCUT2D eigenvalue weighted by molar-refractivity contribution is 5.17. The van der Waals surface area contributed by atoms with Crippen molar-refractivity contribution in [3.8, 4) is 0 Å². The van der Waals surface area contributed by atoms with Gasteiger partial charge in [0.1, 0.15) is 5.82 Å². The first-order chi connectivity index (χ1) is 8.74. The van der Waals surface area contributed by atoms with Crippen molar-refractivity contribution in [2.24, 2.45) is 0 Å². The Labute approximate surface area is 111 Å². The molecule has 18 heavy (non-hydrogen) atoms. The van der Waals surface area contributed by atoms with Crippen molar-refractivity contribution in [1.29, 1.82) is 0 Å². The second kappa shape index (κ2) is 9.09. The normalized spacial score (nSPS) is 12.6. The van der Waals surface area contributed by atoms with Crippen molar-refractivity contribution in [2.75, 3.05) is 6.54 Å². The summed E-state index contributed by atoms with van der Waals surface area (Å²) in [6, 6.07) is 7.57. The van der Waals surface area contributed by atoms with Crippen LogP contribution in [0.2, 0.25) is 0 Å². The molecule has 1 N–H and O–H groups in total. The first kappa shape index (κ1) is 15.2. The van der Waals surface area contributed by atoms with Gasteiger partial charge in [-0.3, -0.25) is 0 Å². The number of halogens is 1. The van der Waals surface area contributed by atoms with Crippen molar-refractivity contribution in [1.82, 2.24) is 5.32 Å². The number of benzene rings is 1. The monoisotopic (exact) mass is 251 g/mol. The maximum Gasteiger partial charge on any atom is 0.126 e. The highest BCUT2D eigenvalue weighted by atomic mass is 19.1. The van der Waals surface area contributed by atoms with E-state index in [9.17, 15) is 4.39 Å². The molecule has 1 aromatic carbocycles. The van der Waals surface area contributed by atoms with Crippen LogP contribution in [-0.4, -0.2) is 12.6 Å². The van der Waals surface area contributed by atoms with E-state index in [2.05, 4.69) is 19.2 Å². The molecular weight excluding hydrogens is 225 g/mol. The minimum absolute atomic E-state index is 0.0881. The summed E-state index contributed by atoms with van der Waals surface area (Å²) in [5.41, 5.74) is 0.809. The van der Waals surface area contributed by atoms with E-state index in [1.165, 1.54) is 38.2 Å². The second-order valence-corrected chi connectivity index (χ2v) is 5.05. The molecule has 0 radical (unpaired) electrons. The van der Waals surface area contributed by atoms with Crippen LogP contribution in [-0.2, 0) is 6.42 Å². The van der Waals surface area contributed by atoms with E-state index in [1.54, 1.807) is 6.07 Å². The molecule has 0 aliphatic heterocycles. The molecule has 0 saturated heterocycles. The molecule has 1 rings (SSSR count). The van der Waals surface area contributed by atoms with Gasteiger partial charge < -0.3 is 5.32 Å². The molecule has 102 valence electrons. The van der Waals surface area contributed by atoms with Gasteiger partial charge in [-0.25, -0.2) is 4.39 Å². The van der Waals surface area contributed by atoms with Crippen LogP contribution in [0.5, 0.6) is 0 Å². The number of hydrogen-bond donors (Lipinski definition) is 1. The Kier molecular flexibility index (Phi) is 7.66. The van der Waals surface area contributed by atoms with Crippen LogP contribution in [0.1, 0.15) is 51.5 Å². The third-order valence-electron chi connectivity index (χ3n) is 3.34. The summed E-state index contributed by atoms with van der Waals surface area (Å²) in [5.74, 6) is -0.0881. The Balaban J connectivity index is 2.12. The van der Waals surface area contributed by atoms with Gasteiger partial charge in [-0.15, -0.1) is 0 Å². The number of hydrogen-bond acceptors (Lipinski definition) is 1. The molecule has 0 aromatic heterocycles. The molecule has 0 amide bonds. The Bertz CT molecular complexity index is 325. The SMILES string of the molecule is CCCCCCC(C)NCCc1ccccc1F. The van der Waals surface area contributed by atoms with E-state index in [0.717, 1.165) is 18.5 Å². The molecule has 0 bridgehead atoms. The molecule has 0 spiro atoms. The lowest BCUT2D eigenvalue weighted by molar-refractivity contribution is 0.483. The lowest BCUT2D eigenvalue weighted by atomic mass is 10.1. The molecule has 2 heteroatoms. The van der Waals surface area contributed by atoms with Crippen LogP contribution in [0, 0.1) is 5.82 Å². The summed E-state index contributed by atoms with van der Waals surface area (Å²) < 4.78 is 13.4. The number of rotatable bonds is 9. The summed E-state index contributed by atoms with van der Waals surface area (Å²) in [7, 11) is 0. The molecule has 0 aliphatic carbocycles. The van der Waals surface area contributed by atoms with Crippen LogP contribution >= 0.6 is 0 Å². The minimum atomic E-state index is -0.0881. The highest BCUT2D eigenvalue weighted by Crippen LogP contribution is 2.08. The Hall–Kier alpha value is -0.890. The zero-order valence-corrected chi connectivity index (χ0v) is 11.7. The van der Waals surface area contributed by atoms with Crippen LogP contribution in [0.15, 0.2) is 24.3 Å². The Morgan fingerprint density at radius 2 is 1.94 bits per heavy atom. The lowest BCUT2D eigenvalue weighted by Gasteiger charge is -2.13. The molecule has 0 aliphatic rings. The van der Waals surface area contributed by atoms with Crippen LogP contribution in [0.3, 0.4) is 0 Å². The molecule has 1 nitrogen and oxygen atoms in total. The van der Waals surface area contributed by atoms with Crippen molar-refractivity contribution in [3.05, 3.63) is 35.6 Å². The topological polar surface area (TPSA) is 12.0 Å². The van der Waals surface area contributed by atoms with Gasteiger partial charge in [-0.05, 0) is 37.9 Å². The standard InChI is InChI=1S/C16H26FN/c1-3-4-5-6-9-14(2)18-13-12-15-10-7-8-11-16(15)17/h7-8,10-11,14,18H,3-6,9,12-13H2,1-2H3. The third kappa shape index (κ3) is 6.15. The first-order valence-electron chi connectivity index (χ1n) is 7.20. The predicted octanol–water partition coefficient (Wildman–Crippen LogP) is 4.32. The smallest absolute Gasteiger partial charge is 0.126 e. The summed E-state index contributed by atoms with van der Waals surface area (Å²) in [5, 5.41) is 3.47. The van der Waals surface area contributed by atoms with E-state index >= 15 is 0 Å². The van der Waals surface area contributed by atoms with Crippen LogP contribution in [0.25, 0.3) is 0 Å². The maximum absolute atomic E-state index is 13.4. The van der Waals surface area contributed by atoms with Gasteiger partial charge in [0.25, 0.3) is 0 Å². The maximum atomic E-state index is 13.4. The number of unbranched alkanes of at least 4 members (excludes halogenated alkanes) is 3. The van der Waals surface area contributed by atoms with Crippen molar-refractivity contribution < 1.29 is 4.39 Å². The fourth-order valence-electron chi connectivity index (χ4n) is 2.13. The molecule has 1 aromatic rings. The van der Waals surface area contributed by atoms with Gasteiger partial charge in [-0.1, -0.05) is 50.8 Å². The molecule has 1 atom stereocenters. The molecule has 0 heterocycles. The summed E-state index contributed by atoms with van der Waals surface area (Å²) >= 11 is 0. The largest absolute Gasteiger partial charge is 0.314 e. The summed E-state index contributed by atoms with van der Waals surface area (Å²) in [4.78, 5) is 0. The van der Waals surface area contributed by atoms with Crippen molar-refractivity contribution >= 4 is 0 Å². The van der Waals surface area contributed by atoms with E-state index in [4.69, 9.17) is 0 Å². The highest BCUT2D eigenvalue weighted by Gasteiger charge is 2.03. The zero-order valence-electron chi connectivity index (χ0n) is 11.7. The van der Waals surface area contributed by atoms with E-state index in [-0.39, 0.29) is 5.82 Å². The quantitative estimate of drug-likeness (QED) is 0.645. The zero-order chi connectivity index (χ0) is 13.2. The van der Waals surface area contributed by atoms with Crippen LogP contribution < -0.4 is 5.32 Å². The van der Waals surface area contributed by atoms with Gasteiger partial charge in [-0.2, -0.15) is 0 Å². The molecule has 0 saturated carbocycles. The fraction of sp³-hybridized carbons (Fsp3) is 0.625. The summed E-state index contributed by atoms with van der Waals surface area (Å²) in [6.07, 6.45) is 7.23. The van der Waals surface area contributed by atoms with Gasteiger partial charge in [0, 0.05) is 6.04 Å². The van der Waals surface area contributed by atoms with Crippen molar-refractivity contribution in [2.45, 2.75) is 58.4 Å². The molecular formula is C16H26FN. The first-order valence-corrected chi connectivity index (χ1v) is 7.20. The van der Waals surface area contributed by atoms with E-state index < -0.39 is 0 Å². The second-order valence-electron chi connectivity index (χ2n) is 5.05. The third-order valence-corrected chi connectivity index (χ3v) is 3.34. The average Bonchev–Trinajstić information content (AvgIpc) is 2.37. The molecule has 0 fully saturated rings. The van der Waals surface area contributed by atoms with Gasteiger partial charge >= 0.3 is 0 Å². The van der Waals surface area contributed by atoms with Gasteiger partial charge in [0.2, 0.25) is 0 Å².